The smallest absolute Gasteiger partial charge is 0.303 e. The van der Waals surface area contributed by atoms with Gasteiger partial charge in [-0.15, -0.1) is 0 Å². The number of rotatable bonds is 14. The van der Waals surface area contributed by atoms with Gasteiger partial charge in [0.25, 0.3) is 5.91 Å². The molecule has 1 aromatic rings. The summed E-state index contributed by atoms with van der Waals surface area (Å²) in [6.45, 7) is 21.0. The number of ether oxygens (including phenoxy) is 6. The van der Waals surface area contributed by atoms with E-state index in [1.54, 1.807) is 25.1 Å². The first-order valence-corrected chi connectivity index (χ1v) is 24.4. The summed E-state index contributed by atoms with van der Waals surface area (Å²) in [6, 6.07) is 3.11. The molecule has 2 amide bonds. The minimum absolute atomic E-state index is 0.0382. The van der Waals surface area contributed by atoms with Crippen LogP contribution in [0.15, 0.2) is 36.7 Å². The fraction of sp³-hybridized carbons (Fsp3) is 0.780. The van der Waals surface area contributed by atoms with Crippen LogP contribution in [0, 0.1) is 41.4 Å². The highest BCUT2D eigenvalue weighted by molar-refractivity contribution is 5.95. The number of hydrogen-bond acceptors (Lipinski definition) is 13. The van der Waals surface area contributed by atoms with Gasteiger partial charge in [-0.1, -0.05) is 55.4 Å². The molecule has 2 spiro atoms. The van der Waals surface area contributed by atoms with Crippen LogP contribution in [0.25, 0.3) is 0 Å². The van der Waals surface area contributed by atoms with E-state index in [4.69, 9.17) is 28.4 Å². The van der Waals surface area contributed by atoms with Gasteiger partial charge in [0.05, 0.1) is 53.7 Å². The molecule has 0 radical (unpaired) electrons. The summed E-state index contributed by atoms with van der Waals surface area (Å²) < 4.78 is 40.2. The topological polar surface area (TPSA) is 201 Å². The van der Waals surface area contributed by atoms with Crippen molar-refractivity contribution in [3.05, 3.63) is 42.2 Å². The Morgan fingerprint density at radius 1 is 0.892 bits per heavy atom. The van der Waals surface area contributed by atoms with Crippen LogP contribution in [0.4, 0.5) is 0 Å². The largest absolute Gasteiger partial charge is 0.453 e. The molecule has 65 heavy (non-hydrogen) atoms. The van der Waals surface area contributed by atoms with E-state index in [1.165, 1.54) is 19.3 Å². The number of nitrogens with one attached hydrogen (secondary N) is 2. The van der Waals surface area contributed by atoms with Crippen molar-refractivity contribution >= 4 is 23.6 Å². The zero-order valence-electron chi connectivity index (χ0n) is 40.5. The Hall–Kier alpha value is -3.31. The van der Waals surface area contributed by atoms with E-state index in [2.05, 4.69) is 36.6 Å². The Labute approximate surface area is 385 Å². The molecule has 364 valence electrons. The third kappa shape index (κ3) is 10.4. The molecule has 6 heterocycles. The lowest BCUT2D eigenvalue weighted by atomic mass is 9.72. The van der Waals surface area contributed by atoms with Crippen molar-refractivity contribution in [1.82, 2.24) is 15.8 Å². The highest BCUT2D eigenvalue weighted by atomic mass is 16.8. The van der Waals surface area contributed by atoms with E-state index < -0.39 is 94.9 Å². The number of carbonyl (C=O) groups excluding carboxylic acids is 4. The van der Waals surface area contributed by atoms with Gasteiger partial charge in [-0.3, -0.25) is 35.0 Å². The van der Waals surface area contributed by atoms with E-state index in [1.807, 2.05) is 47.6 Å². The van der Waals surface area contributed by atoms with Crippen molar-refractivity contribution in [1.29, 1.82) is 0 Å². The van der Waals surface area contributed by atoms with Gasteiger partial charge in [0.1, 0.15) is 5.78 Å². The normalized spacial score (nSPS) is 39.5. The van der Waals surface area contributed by atoms with Crippen LogP contribution in [0.1, 0.15) is 151 Å². The lowest BCUT2D eigenvalue weighted by molar-refractivity contribution is -0.409. The van der Waals surface area contributed by atoms with Crippen molar-refractivity contribution in [3.63, 3.8) is 0 Å². The Bertz CT molecular complexity index is 1870. The van der Waals surface area contributed by atoms with Crippen LogP contribution in [0.2, 0.25) is 0 Å². The molecule has 15 nitrogen and oxygen atoms in total. The maximum absolute atomic E-state index is 14.8. The second-order valence-electron chi connectivity index (χ2n) is 20.3. The number of aliphatic hydroxyl groups is 2. The number of hydrogen-bond donors (Lipinski definition) is 4. The van der Waals surface area contributed by atoms with E-state index in [0.717, 1.165) is 6.42 Å². The predicted molar refractivity (Wildman–Crippen MR) is 240 cm³/mol. The van der Waals surface area contributed by atoms with Crippen molar-refractivity contribution in [3.8, 4) is 0 Å². The highest BCUT2D eigenvalue weighted by Gasteiger charge is 2.64. The summed E-state index contributed by atoms with van der Waals surface area (Å²) in [5.74, 6) is -6.61. The van der Waals surface area contributed by atoms with E-state index in [9.17, 15) is 29.4 Å². The number of pyridine rings is 1. The molecular weight excluding hydrogens is 835 g/mol. The summed E-state index contributed by atoms with van der Waals surface area (Å²) in [7, 11) is 0. The highest BCUT2D eigenvalue weighted by Crippen LogP contribution is 2.54. The van der Waals surface area contributed by atoms with Gasteiger partial charge >= 0.3 is 5.97 Å². The number of ketones is 1. The molecular formula is C50H77N3O12. The van der Waals surface area contributed by atoms with Crippen molar-refractivity contribution in [2.24, 2.45) is 41.4 Å². The molecule has 0 saturated carbocycles. The average molecular weight is 912 g/mol. The van der Waals surface area contributed by atoms with E-state index >= 15 is 0 Å². The molecule has 4 saturated heterocycles. The van der Waals surface area contributed by atoms with Gasteiger partial charge < -0.3 is 38.6 Å². The molecule has 0 aromatic carbocycles. The van der Waals surface area contributed by atoms with Crippen LogP contribution >= 0.6 is 0 Å². The summed E-state index contributed by atoms with van der Waals surface area (Å²) in [6.07, 6.45) is 8.22. The minimum atomic E-state index is -1.40. The zero-order valence-corrected chi connectivity index (χ0v) is 40.5. The maximum Gasteiger partial charge on any atom is 0.303 e. The van der Waals surface area contributed by atoms with Gasteiger partial charge in [0.15, 0.2) is 11.9 Å². The first kappa shape index (κ1) is 51.1. The number of hydrazine groups is 1. The fourth-order valence-electron chi connectivity index (χ4n) is 11.6. The van der Waals surface area contributed by atoms with Gasteiger partial charge in [-0.2, -0.15) is 0 Å². The summed E-state index contributed by atoms with van der Waals surface area (Å²) in [5.41, 5.74) is 3.69. The zero-order chi connectivity index (χ0) is 47.6. The standard InChI is InChI=1S/C50H77N3O12/c1-12-36(46(58)53-52-45(57)35-19-25-51-26-20-35)38-16-15-28(4)43(62-38)32(8)41(55)31(7)42(56)37(13-2)44-29(5)27-30(6)49(63-44)22-18-40(61-34(10)54)50(65-49)24-23-47(11,64-50)39-17-21-48(59,14-3)33(9)60-39/h18-20,22,25-26,28-33,36-41,43-44,55,59H,12-17,21,23-24,27H2,1-11H3,(H,52,57)(H,53,58)/t28-,29-,30+,31-,32-,33-,36+,37-,38+,39+,40+,41+,43+,44-,47-,48+,49-,50-/m0/s1. The fourth-order valence-corrected chi connectivity index (χ4v) is 11.6. The molecule has 1 aromatic heterocycles. The van der Waals surface area contributed by atoms with Crippen molar-refractivity contribution < 1.29 is 57.8 Å². The summed E-state index contributed by atoms with van der Waals surface area (Å²) in [4.78, 5) is 57.2. The molecule has 0 unspecified atom stereocenters. The van der Waals surface area contributed by atoms with Crippen molar-refractivity contribution in [2.75, 3.05) is 0 Å². The molecule has 6 rings (SSSR count). The number of esters is 1. The predicted octanol–water partition coefficient (Wildman–Crippen LogP) is 6.53. The van der Waals surface area contributed by atoms with Gasteiger partial charge in [-0.05, 0) is 108 Å². The lowest BCUT2D eigenvalue weighted by Crippen LogP contribution is -2.63. The Kier molecular flexibility index (Phi) is 16.1. The molecule has 4 N–H and O–H groups in total. The van der Waals surface area contributed by atoms with Gasteiger partial charge in [-0.25, -0.2) is 0 Å². The first-order chi connectivity index (χ1) is 30.7. The van der Waals surface area contributed by atoms with Gasteiger partial charge in [0, 0.05) is 55.0 Å². The SMILES string of the molecule is CC[C@@H](C(=O)[C@@H](C)[C@@H](O)[C@H](C)[C@@H]1O[C@@H]([C@@H](CC)C(=O)NNC(=O)c2ccncc2)CC[C@@H]1C)[C@H]1O[C@]2(C=C[C@@H](OC(C)=O)[C@]3(CC[C@@](C)([C@H]4CC[C@](O)(CC)[C@H](C)O4)O3)O2)[C@H](C)C[C@@H]1C. The molecule has 5 aliphatic rings. The number of nitrogens with zero attached hydrogens (tertiary/aromatic N) is 1. The van der Waals surface area contributed by atoms with Crippen LogP contribution in [-0.2, 0) is 42.8 Å². The molecule has 15 heteroatoms. The minimum Gasteiger partial charge on any atom is -0.453 e. The third-order valence-corrected chi connectivity index (χ3v) is 16.0. The second-order valence-corrected chi connectivity index (χ2v) is 20.3. The Morgan fingerprint density at radius 3 is 2.22 bits per heavy atom. The molecule has 0 bridgehead atoms. The number of amides is 2. The average Bonchev–Trinajstić information content (AvgIpc) is 3.63. The van der Waals surface area contributed by atoms with Gasteiger partial charge in [0.2, 0.25) is 11.7 Å². The van der Waals surface area contributed by atoms with E-state index in [-0.39, 0.29) is 35.5 Å². The van der Waals surface area contributed by atoms with Crippen LogP contribution < -0.4 is 10.9 Å². The molecule has 5 aliphatic heterocycles. The van der Waals surface area contributed by atoms with Crippen molar-refractivity contribution in [2.45, 2.75) is 206 Å². The molecule has 18 atom stereocenters. The van der Waals surface area contributed by atoms with E-state index in [0.29, 0.717) is 63.4 Å². The first-order valence-electron chi connectivity index (χ1n) is 24.4. The van der Waals surface area contributed by atoms with Crippen LogP contribution in [0.3, 0.4) is 0 Å². The van der Waals surface area contributed by atoms with Crippen LogP contribution in [0.5, 0.6) is 0 Å². The lowest BCUT2D eigenvalue weighted by Gasteiger charge is -2.54. The third-order valence-electron chi connectivity index (χ3n) is 16.0. The monoisotopic (exact) mass is 912 g/mol. The second kappa shape index (κ2) is 20.5. The number of aromatic nitrogens is 1. The maximum atomic E-state index is 14.8. The summed E-state index contributed by atoms with van der Waals surface area (Å²) in [5, 5.41) is 23.2. The molecule has 0 aliphatic carbocycles. The Morgan fingerprint density at radius 2 is 1.58 bits per heavy atom. The quantitative estimate of drug-likeness (QED) is 0.0893. The number of Topliss-reactive ketones (excluding diaryl/α,β-unsaturated/α-hetero) is 1. The number of carbonyl (C=O) groups is 4. The molecule has 4 fully saturated rings. The van der Waals surface area contributed by atoms with Crippen LogP contribution in [-0.4, -0.2) is 104 Å². The Balaban J connectivity index is 1.15. The summed E-state index contributed by atoms with van der Waals surface area (Å²) >= 11 is 0. The number of aliphatic hydroxyl groups excluding tert-OH is 1.